The summed E-state index contributed by atoms with van der Waals surface area (Å²) in [5, 5.41) is 6.71. The Labute approximate surface area is 191 Å². The van der Waals surface area contributed by atoms with Crippen molar-refractivity contribution in [2.24, 2.45) is 5.14 Å². The fourth-order valence-electron chi connectivity index (χ4n) is 2.36. The first-order chi connectivity index (χ1) is 12.8. The molecule has 10 nitrogen and oxygen atoms in total. The van der Waals surface area contributed by atoms with Crippen LogP contribution in [0.15, 0.2) is 49.6 Å². The molecule has 0 bridgehead atoms. The van der Waals surface area contributed by atoms with Gasteiger partial charge in [-0.25, -0.2) is 30.4 Å². The normalized spacial score (nSPS) is 13.5. The van der Waals surface area contributed by atoms with E-state index in [0.29, 0.717) is 11.8 Å². The SMILES string of the molecule is CCC(C)S(=O)(=O)c1cc(NCc2ccco2)c(S(=O)(=O)[O-])cc1S(N)(=O)=O.[Na+]. The zero-order valence-corrected chi connectivity index (χ0v) is 20.4. The molecule has 0 amide bonds. The van der Waals surface area contributed by atoms with Gasteiger partial charge >= 0.3 is 29.6 Å². The molecule has 1 aromatic carbocycles. The molecule has 2 rings (SSSR count). The third-order valence-electron chi connectivity index (χ3n) is 4.07. The van der Waals surface area contributed by atoms with Crippen LogP contribution in [0.2, 0.25) is 0 Å². The number of furan rings is 1. The van der Waals surface area contributed by atoms with Gasteiger partial charge in [-0.05, 0) is 37.6 Å². The minimum atomic E-state index is -5.15. The van der Waals surface area contributed by atoms with E-state index in [2.05, 4.69) is 5.32 Å². The van der Waals surface area contributed by atoms with E-state index in [1.807, 2.05) is 0 Å². The molecule has 0 aliphatic rings. The maximum absolute atomic E-state index is 12.8. The third-order valence-corrected chi connectivity index (χ3v) is 8.37. The summed E-state index contributed by atoms with van der Waals surface area (Å²) in [6.07, 6.45) is 1.54. The zero-order chi connectivity index (χ0) is 21.3. The Balaban J connectivity index is 0.00000420. The molecule has 14 heteroatoms. The molecule has 0 spiro atoms. The molecule has 156 valence electrons. The van der Waals surface area contributed by atoms with Gasteiger partial charge in [-0.1, -0.05) is 6.92 Å². The molecule has 0 fully saturated rings. The molecular weight excluding hydrogens is 455 g/mol. The molecule has 0 radical (unpaired) electrons. The number of hydrogen-bond acceptors (Lipinski definition) is 9. The number of nitrogens with two attached hydrogens (primary N) is 1. The quantitative estimate of drug-likeness (QED) is 0.324. The molecular formula is C15H19N2NaO8S3. The van der Waals surface area contributed by atoms with Crippen LogP contribution in [0.3, 0.4) is 0 Å². The van der Waals surface area contributed by atoms with Crippen molar-refractivity contribution in [3.8, 4) is 0 Å². The average molecular weight is 475 g/mol. The van der Waals surface area contributed by atoms with Gasteiger partial charge in [0.15, 0.2) is 9.84 Å². The summed E-state index contributed by atoms with van der Waals surface area (Å²) in [6, 6.07) is 4.41. The molecule has 2 aromatic rings. The average Bonchev–Trinajstić information content (AvgIpc) is 3.10. The van der Waals surface area contributed by atoms with Gasteiger partial charge in [-0.15, -0.1) is 0 Å². The first-order valence-corrected chi connectivity index (χ1v) is 12.5. The monoisotopic (exact) mass is 474 g/mol. The van der Waals surface area contributed by atoms with Gasteiger partial charge in [-0.2, -0.15) is 0 Å². The minimum Gasteiger partial charge on any atom is -0.744 e. The smallest absolute Gasteiger partial charge is 0.744 e. The van der Waals surface area contributed by atoms with Crippen LogP contribution < -0.4 is 40.0 Å². The first-order valence-electron chi connectivity index (χ1n) is 7.95. The summed E-state index contributed by atoms with van der Waals surface area (Å²) in [4.78, 5) is -2.57. The summed E-state index contributed by atoms with van der Waals surface area (Å²) in [7, 11) is -14.0. The molecule has 29 heavy (non-hydrogen) atoms. The predicted octanol–water partition coefficient (Wildman–Crippen LogP) is -1.98. The van der Waals surface area contributed by atoms with Crippen LogP contribution in [0.4, 0.5) is 5.69 Å². The molecule has 0 aliphatic carbocycles. The molecule has 0 saturated carbocycles. The van der Waals surface area contributed by atoms with E-state index >= 15 is 0 Å². The van der Waals surface area contributed by atoms with E-state index in [0.717, 1.165) is 6.07 Å². The van der Waals surface area contributed by atoms with Gasteiger partial charge in [0.05, 0.1) is 33.5 Å². The maximum Gasteiger partial charge on any atom is 1.00 e. The van der Waals surface area contributed by atoms with Gasteiger partial charge in [-0.3, -0.25) is 0 Å². The van der Waals surface area contributed by atoms with E-state index in [-0.39, 0.29) is 48.2 Å². The second kappa shape index (κ2) is 9.47. The van der Waals surface area contributed by atoms with Crippen molar-refractivity contribution >= 4 is 35.7 Å². The molecule has 1 atom stereocenters. The maximum atomic E-state index is 12.8. The summed E-state index contributed by atoms with van der Waals surface area (Å²) >= 11 is 0. The Morgan fingerprint density at radius 2 is 1.72 bits per heavy atom. The van der Waals surface area contributed by atoms with Gasteiger partial charge in [0.1, 0.15) is 20.8 Å². The second-order valence-corrected chi connectivity index (χ2v) is 11.2. The van der Waals surface area contributed by atoms with Crippen molar-refractivity contribution in [2.75, 3.05) is 5.32 Å². The van der Waals surface area contributed by atoms with Gasteiger partial charge in [0.2, 0.25) is 10.0 Å². The van der Waals surface area contributed by atoms with E-state index in [1.165, 1.54) is 13.2 Å². The van der Waals surface area contributed by atoms with E-state index < -0.39 is 49.9 Å². The van der Waals surface area contributed by atoms with E-state index in [9.17, 15) is 29.8 Å². The Morgan fingerprint density at radius 1 is 1.10 bits per heavy atom. The molecule has 1 unspecified atom stereocenters. The summed E-state index contributed by atoms with van der Waals surface area (Å²) in [6.45, 7) is 2.88. The third kappa shape index (κ3) is 6.04. The topological polar surface area (TPSA) is 177 Å². The number of primary sulfonamides is 1. The standard InChI is InChI=1S/C15H20N2O8S3.Na/c1-3-10(2)26(18,19)14-7-12(17-9-11-5-4-6-25-11)13(28(22,23)24)8-15(14)27(16,20)21;/h4-8,10,17H,3,9H2,1-2H3,(H2,16,20,21)(H,22,23,24);/q;+1/p-1. The molecule has 1 aromatic heterocycles. The van der Waals surface area contributed by atoms with Crippen LogP contribution in [0, 0.1) is 0 Å². The molecule has 3 N–H and O–H groups in total. The van der Waals surface area contributed by atoms with Crippen molar-refractivity contribution in [3.63, 3.8) is 0 Å². The van der Waals surface area contributed by atoms with Crippen molar-refractivity contribution in [1.29, 1.82) is 0 Å². The Kier molecular flexibility index (Phi) is 8.53. The first kappa shape index (κ1) is 26.1. The minimum absolute atomic E-state index is 0. The van der Waals surface area contributed by atoms with Crippen LogP contribution in [0.1, 0.15) is 26.0 Å². The summed E-state index contributed by atoms with van der Waals surface area (Å²) < 4.78 is 89.4. The van der Waals surface area contributed by atoms with Gasteiger partial charge in [0.25, 0.3) is 0 Å². The molecule has 1 heterocycles. The van der Waals surface area contributed by atoms with Crippen molar-refractivity contribution in [2.45, 2.75) is 46.7 Å². The molecule has 0 aliphatic heterocycles. The van der Waals surface area contributed by atoms with Crippen molar-refractivity contribution < 1.29 is 63.8 Å². The number of anilines is 1. The number of rotatable bonds is 8. The van der Waals surface area contributed by atoms with Crippen LogP contribution >= 0.6 is 0 Å². The second-order valence-electron chi connectivity index (χ2n) is 5.99. The summed E-state index contributed by atoms with van der Waals surface area (Å²) in [5.74, 6) is 0.371. The van der Waals surface area contributed by atoms with Crippen LogP contribution in [0.5, 0.6) is 0 Å². The van der Waals surface area contributed by atoms with Gasteiger partial charge in [0, 0.05) is 0 Å². The van der Waals surface area contributed by atoms with Gasteiger partial charge < -0.3 is 14.3 Å². The number of sulfonamides is 1. The van der Waals surface area contributed by atoms with Crippen LogP contribution in [0.25, 0.3) is 0 Å². The fraction of sp³-hybridized carbons (Fsp3) is 0.333. The predicted molar refractivity (Wildman–Crippen MR) is 98.8 cm³/mol. The number of benzene rings is 1. The molecule has 0 saturated heterocycles. The Hall–Kier alpha value is -0.930. The Morgan fingerprint density at radius 3 is 2.17 bits per heavy atom. The number of nitrogens with one attached hydrogen (secondary N) is 1. The largest absolute Gasteiger partial charge is 1.00 e. The van der Waals surface area contributed by atoms with Crippen molar-refractivity contribution in [1.82, 2.24) is 0 Å². The van der Waals surface area contributed by atoms with Crippen LogP contribution in [-0.4, -0.2) is 35.1 Å². The number of sulfone groups is 1. The van der Waals surface area contributed by atoms with Crippen LogP contribution in [-0.2, 0) is 36.5 Å². The van der Waals surface area contributed by atoms with E-state index in [4.69, 9.17) is 9.56 Å². The van der Waals surface area contributed by atoms with E-state index in [1.54, 1.807) is 19.1 Å². The van der Waals surface area contributed by atoms with Crippen molar-refractivity contribution in [3.05, 3.63) is 36.3 Å². The zero-order valence-electron chi connectivity index (χ0n) is 15.9. The fourth-order valence-corrected chi connectivity index (χ4v) is 5.91. The summed E-state index contributed by atoms with van der Waals surface area (Å²) in [5.41, 5.74) is -0.374. The Bertz CT molecular complexity index is 1170. The number of hydrogen-bond donors (Lipinski definition) is 2.